The molecule has 4 atom stereocenters. The Morgan fingerprint density at radius 2 is 2.04 bits per heavy atom. The molecule has 6 heteroatoms. The zero-order valence-electron chi connectivity index (χ0n) is 14.0. The minimum absolute atomic E-state index is 0.0174. The molecule has 4 nitrogen and oxygen atoms in total. The van der Waals surface area contributed by atoms with Crippen LogP contribution in [-0.4, -0.2) is 30.8 Å². The van der Waals surface area contributed by atoms with Crippen LogP contribution in [0.15, 0.2) is 30.3 Å². The van der Waals surface area contributed by atoms with Gasteiger partial charge in [-0.15, -0.1) is 0 Å². The molecule has 3 fully saturated rings. The number of carbonyl (C=O) groups excluding carboxylic acids is 1. The first-order valence-electron chi connectivity index (χ1n) is 8.92. The third kappa shape index (κ3) is 3.24. The number of carbonyl (C=O) groups is 1. The summed E-state index contributed by atoms with van der Waals surface area (Å²) in [5, 5.41) is 2.93. The molecule has 25 heavy (non-hydrogen) atoms. The van der Waals surface area contributed by atoms with Gasteiger partial charge in [-0.2, -0.15) is 0 Å². The van der Waals surface area contributed by atoms with E-state index in [1.807, 2.05) is 30.3 Å². The maximum Gasteiger partial charge on any atom is 0.407 e. The molecule has 2 saturated carbocycles. The molecule has 1 spiro atoms. The highest BCUT2D eigenvalue weighted by Gasteiger charge is 2.60. The Balaban J connectivity index is 1.47. The number of alkyl halides is 2. The highest BCUT2D eigenvalue weighted by Crippen LogP contribution is 2.55. The third-order valence-electron chi connectivity index (χ3n) is 6.08. The Labute approximate surface area is 145 Å². The molecule has 1 amide bonds. The lowest BCUT2D eigenvalue weighted by Crippen LogP contribution is -2.49. The fourth-order valence-electron chi connectivity index (χ4n) is 4.97. The molecular weight excluding hydrogens is 328 g/mol. The number of halogens is 2. The van der Waals surface area contributed by atoms with Crippen molar-refractivity contribution >= 4 is 6.09 Å². The second-order valence-electron chi connectivity index (χ2n) is 7.69. The Hall–Kier alpha value is -1.69. The molecule has 0 bridgehead atoms. The first-order chi connectivity index (χ1) is 12.0. The molecule has 1 aromatic rings. The summed E-state index contributed by atoms with van der Waals surface area (Å²) in [5.41, 5.74) is 0.525. The van der Waals surface area contributed by atoms with Gasteiger partial charge in [-0.25, -0.2) is 13.6 Å². The van der Waals surface area contributed by atoms with Crippen LogP contribution in [0, 0.1) is 17.8 Å². The Bertz CT molecular complexity index is 639. The van der Waals surface area contributed by atoms with E-state index in [9.17, 15) is 13.6 Å². The standard InChI is InChI=1S/C19H23F2NO3/c20-19(21)7-6-15-14(9-19)8-18(12-25-17(23)22-18)16(15)11-24-10-13-4-2-1-3-5-13/h1-5,14-16H,6-12H2,(H,22,23)/t14-,15-,16+,18?/m1/s1. The van der Waals surface area contributed by atoms with Gasteiger partial charge < -0.3 is 14.8 Å². The Morgan fingerprint density at radius 1 is 1.24 bits per heavy atom. The molecular formula is C19H23F2NO3. The molecule has 0 aromatic heterocycles. The molecule has 136 valence electrons. The van der Waals surface area contributed by atoms with Crippen LogP contribution in [0.25, 0.3) is 0 Å². The van der Waals surface area contributed by atoms with Crippen LogP contribution in [-0.2, 0) is 16.1 Å². The lowest BCUT2D eigenvalue weighted by atomic mass is 9.75. The number of cyclic esters (lactones) is 1. The average molecular weight is 351 g/mol. The number of alkyl carbamates (subject to hydrolysis) is 1. The number of ether oxygens (including phenoxy) is 2. The van der Waals surface area contributed by atoms with Gasteiger partial charge in [0.25, 0.3) is 0 Å². The van der Waals surface area contributed by atoms with Crippen molar-refractivity contribution in [2.45, 2.75) is 43.8 Å². The molecule has 1 N–H and O–H groups in total. The lowest BCUT2D eigenvalue weighted by Gasteiger charge is -2.35. The van der Waals surface area contributed by atoms with Crippen molar-refractivity contribution in [3.63, 3.8) is 0 Å². The molecule has 1 heterocycles. The van der Waals surface area contributed by atoms with Crippen molar-refractivity contribution in [1.82, 2.24) is 5.32 Å². The molecule has 1 unspecified atom stereocenters. The van der Waals surface area contributed by atoms with E-state index in [1.165, 1.54) is 0 Å². The van der Waals surface area contributed by atoms with E-state index in [1.54, 1.807) is 0 Å². The van der Waals surface area contributed by atoms with Crippen molar-refractivity contribution in [3.05, 3.63) is 35.9 Å². The normalized spacial score (nSPS) is 36.1. The molecule has 1 aliphatic heterocycles. The summed E-state index contributed by atoms with van der Waals surface area (Å²) in [7, 11) is 0. The second kappa shape index (κ2) is 6.24. The molecule has 4 rings (SSSR count). The number of rotatable bonds is 4. The monoisotopic (exact) mass is 351 g/mol. The number of hydrogen-bond donors (Lipinski definition) is 1. The predicted molar refractivity (Wildman–Crippen MR) is 87.2 cm³/mol. The van der Waals surface area contributed by atoms with Crippen LogP contribution in [0.5, 0.6) is 0 Å². The van der Waals surface area contributed by atoms with Crippen LogP contribution in [0.1, 0.15) is 31.2 Å². The van der Waals surface area contributed by atoms with E-state index in [2.05, 4.69) is 5.32 Å². The van der Waals surface area contributed by atoms with E-state index in [0.29, 0.717) is 26.1 Å². The quantitative estimate of drug-likeness (QED) is 0.899. The topological polar surface area (TPSA) is 47.6 Å². The van der Waals surface area contributed by atoms with Crippen molar-refractivity contribution in [2.24, 2.45) is 17.8 Å². The van der Waals surface area contributed by atoms with Gasteiger partial charge in [-0.05, 0) is 30.2 Å². The van der Waals surface area contributed by atoms with Crippen LogP contribution >= 0.6 is 0 Å². The van der Waals surface area contributed by atoms with Crippen LogP contribution in [0.4, 0.5) is 13.6 Å². The summed E-state index contributed by atoms with van der Waals surface area (Å²) in [6.07, 6.45) is 0.421. The fourth-order valence-corrected chi connectivity index (χ4v) is 4.97. The zero-order chi connectivity index (χ0) is 17.5. The van der Waals surface area contributed by atoms with Gasteiger partial charge in [0.05, 0.1) is 18.8 Å². The van der Waals surface area contributed by atoms with Crippen molar-refractivity contribution in [2.75, 3.05) is 13.2 Å². The SMILES string of the molecule is O=C1NC2(CO1)C[C@@H]1CC(F)(F)CC[C@H]1[C@@H]2COCc1ccccc1. The Kier molecular flexibility index (Phi) is 4.18. The number of benzene rings is 1. The van der Waals surface area contributed by atoms with Gasteiger partial charge in [-0.3, -0.25) is 0 Å². The van der Waals surface area contributed by atoms with E-state index in [0.717, 1.165) is 5.56 Å². The summed E-state index contributed by atoms with van der Waals surface area (Å²) in [5.74, 6) is -2.51. The average Bonchev–Trinajstić information content (AvgIpc) is 3.07. The van der Waals surface area contributed by atoms with Gasteiger partial charge in [0.2, 0.25) is 5.92 Å². The zero-order valence-corrected chi connectivity index (χ0v) is 14.0. The van der Waals surface area contributed by atoms with Gasteiger partial charge in [-0.1, -0.05) is 30.3 Å². The fraction of sp³-hybridized carbons (Fsp3) is 0.632. The summed E-state index contributed by atoms with van der Waals surface area (Å²) in [6, 6.07) is 9.86. The summed E-state index contributed by atoms with van der Waals surface area (Å²) in [4.78, 5) is 11.7. The molecule has 0 radical (unpaired) electrons. The Morgan fingerprint density at radius 3 is 2.76 bits per heavy atom. The maximum atomic E-state index is 13.8. The summed E-state index contributed by atoms with van der Waals surface area (Å²) in [6.45, 7) is 1.19. The van der Waals surface area contributed by atoms with E-state index < -0.39 is 17.6 Å². The highest BCUT2D eigenvalue weighted by molar-refractivity contribution is 5.71. The van der Waals surface area contributed by atoms with Gasteiger partial charge in [0, 0.05) is 18.8 Å². The van der Waals surface area contributed by atoms with E-state index >= 15 is 0 Å². The minimum Gasteiger partial charge on any atom is -0.447 e. The summed E-state index contributed by atoms with van der Waals surface area (Å²) < 4.78 is 38.8. The van der Waals surface area contributed by atoms with E-state index in [4.69, 9.17) is 9.47 Å². The van der Waals surface area contributed by atoms with Crippen molar-refractivity contribution < 1.29 is 23.0 Å². The second-order valence-corrected chi connectivity index (χ2v) is 7.69. The van der Waals surface area contributed by atoms with Crippen LogP contribution in [0.2, 0.25) is 0 Å². The van der Waals surface area contributed by atoms with Crippen LogP contribution < -0.4 is 5.32 Å². The lowest BCUT2D eigenvalue weighted by molar-refractivity contribution is -0.0722. The van der Waals surface area contributed by atoms with Crippen molar-refractivity contribution in [3.8, 4) is 0 Å². The molecule has 3 aliphatic rings. The van der Waals surface area contributed by atoms with Gasteiger partial charge >= 0.3 is 6.09 Å². The number of fused-ring (bicyclic) bond motifs is 1. The predicted octanol–water partition coefficient (Wildman–Crippen LogP) is 3.75. The highest BCUT2D eigenvalue weighted by atomic mass is 19.3. The minimum atomic E-state index is -2.59. The van der Waals surface area contributed by atoms with Crippen LogP contribution in [0.3, 0.4) is 0 Å². The largest absolute Gasteiger partial charge is 0.447 e. The number of amides is 1. The van der Waals surface area contributed by atoms with Gasteiger partial charge in [0.1, 0.15) is 6.61 Å². The third-order valence-corrected chi connectivity index (χ3v) is 6.08. The number of hydrogen-bond acceptors (Lipinski definition) is 3. The molecule has 2 aliphatic carbocycles. The van der Waals surface area contributed by atoms with E-state index in [-0.39, 0.29) is 37.2 Å². The van der Waals surface area contributed by atoms with Crippen molar-refractivity contribution in [1.29, 1.82) is 0 Å². The first kappa shape index (κ1) is 16.8. The molecule has 1 saturated heterocycles. The first-order valence-corrected chi connectivity index (χ1v) is 8.92. The molecule has 1 aromatic carbocycles. The van der Waals surface area contributed by atoms with Gasteiger partial charge in [0.15, 0.2) is 0 Å². The number of nitrogens with one attached hydrogen (secondary N) is 1. The maximum absolute atomic E-state index is 13.8. The summed E-state index contributed by atoms with van der Waals surface area (Å²) >= 11 is 0. The smallest absolute Gasteiger partial charge is 0.407 e.